The number of aromatic nitrogens is 1. The number of carboxylic acid groups (broad SMARTS) is 1. The number of aromatic amines is 1. The predicted molar refractivity (Wildman–Crippen MR) is 49.0 cm³/mol. The SMILES string of the molecule is C/C(=N\NC(=O)c1ccc[nH]1)C(=O)O. The van der Waals surface area contributed by atoms with Gasteiger partial charge >= 0.3 is 5.97 Å². The Bertz CT molecular complexity index is 367. The molecular formula is C8H9N3O3. The Morgan fingerprint density at radius 3 is 2.79 bits per heavy atom. The van der Waals surface area contributed by atoms with Crippen LogP contribution in [-0.4, -0.2) is 27.7 Å². The summed E-state index contributed by atoms with van der Waals surface area (Å²) in [4.78, 5) is 24.2. The topological polar surface area (TPSA) is 94.5 Å². The molecule has 1 rings (SSSR count). The van der Waals surface area contributed by atoms with E-state index in [-0.39, 0.29) is 5.71 Å². The third-order valence-corrected chi connectivity index (χ3v) is 1.48. The quantitative estimate of drug-likeness (QED) is 0.475. The normalized spacial score (nSPS) is 11.1. The minimum Gasteiger partial charge on any atom is -0.477 e. The molecule has 1 amide bonds. The summed E-state index contributed by atoms with van der Waals surface area (Å²) in [5.41, 5.74) is 2.25. The standard InChI is InChI=1S/C8H9N3O3/c1-5(8(13)14)10-11-7(12)6-3-2-4-9-6/h2-4,9H,1H3,(H,11,12)(H,13,14)/b10-5+. The van der Waals surface area contributed by atoms with Gasteiger partial charge in [-0.05, 0) is 19.1 Å². The highest BCUT2D eigenvalue weighted by molar-refractivity contribution is 6.34. The third-order valence-electron chi connectivity index (χ3n) is 1.48. The van der Waals surface area contributed by atoms with Crippen molar-refractivity contribution in [1.29, 1.82) is 0 Å². The largest absolute Gasteiger partial charge is 0.477 e. The van der Waals surface area contributed by atoms with E-state index in [1.54, 1.807) is 18.3 Å². The first-order chi connectivity index (χ1) is 6.61. The van der Waals surface area contributed by atoms with Gasteiger partial charge in [-0.2, -0.15) is 5.10 Å². The molecule has 0 fully saturated rings. The van der Waals surface area contributed by atoms with Gasteiger partial charge in [-0.3, -0.25) is 4.79 Å². The molecule has 0 aliphatic rings. The van der Waals surface area contributed by atoms with Crippen LogP contribution in [0.5, 0.6) is 0 Å². The van der Waals surface area contributed by atoms with Crippen molar-refractivity contribution in [2.75, 3.05) is 0 Å². The van der Waals surface area contributed by atoms with E-state index in [9.17, 15) is 9.59 Å². The first-order valence-corrected chi connectivity index (χ1v) is 3.82. The molecule has 0 aromatic carbocycles. The van der Waals surface area contributed by atoms with Gasteiger partial charge in [-0.1, -0.05) is 0 Å². The molecule has 0 aliphatic carbocycles. The van der Waals surface area contributed by atoms with E-state index in [1.807, 2.05) is 0 Å². The maximum atomic E-state index is 11.2. The van der Waals surface area contributed by atoms with Crippen LogP contribution < -0.4 is 5.43 Å². The number of carboxylic acids is 1. The molecule has 1 heterocycles. The summed E-state index contributed by atoms with van der Waals surface area (Å²) in [6.07, 6.45) is 1.59. The number of aliphatic carboxylic acids is 1. The van der Waals surface area contributed by atoms with Crippen molar-refractivity contribution >= 4 is 17.6 Å². The van der Waals surface area contributed by atoms with Crippen molar-refractivity contribution in [1.82, 2.24) is 10.4 Å². The van der Waals surface area contributed by atoms with Crippen LogP contribution in [0.3, 0.4) is 0 Å². The molecule has 0 unspecified atom stereocenters. The van der Waals surface area contributed by atoms with Crippen molar-refractivity contribution in [2.45, 2.75) is 6.92 Å². The maximum Gasteiger partial charge on any atom is 0.351 e. The molecule has 0 spiro atoms. The van der Waals surface area contributed by atoms with Crippen molar-refractivity contribution in [3.63, 3.8) is 0 Å². The van der Waals surface area contributed by atoms with E-state index in [0.717, 1.165) is 0 Å². The summed E-state index contributed by atoms with van der Waals surface area (Å²) in [6, 6.07) is 3.21. The van der Waals surface area contributed by atoms with Crippen LogP contribution in [0.25, 0.3) is 0 Å². The molecule has 6 heteroatoms. The zero-order chi connectivity index (χ0) is 10.6. The van der Waals surface area contributed by atoms with Gasteiger partial charge in [0.15, 0.2) is 0 Å². The summed E-state index contributed by atoms with van der Waals surface area (Å²) in [5, 5.41) is 11.8. The van der Waals surface area contributed by atoms with E-state index < -0.39 is 11.9 Å². The minimum atomic E-state index is -1.17. The van der Waals surface area contributed by atoms with Crippen molar-refractivity contribution < 1.29 is 14.7 Å². The number of H-pyrrole nitrogens is 1. The first-order valence-electron chi connectivity index (χ1n) is 3.82. The smallest absolute Gasteiger partial charge is 0.351 e. The molecule has 0 atom stereocenters. The highest BCUT2D eigenvalue weighted by Gasteiger charge is 2.06. The lowest BCUT2D eigenvalue weighted by Crippen LogP contribution is -2.21. The second-order valence-corrected chi connectivity index (χ2v) is 2.53. The second-order valence-electron chi connectivity index (χ2n) is 2.53. The fraction of sp³-hybridized carbons (Fsp3) is 0.125. The van der Waals surface area contributed by atoms with Gasteiger partial charge in [0.1, 0.15) is 11.4 Å². The summed E-state index contributed by atoms with van der Waals surface area (Å²) < 4.78 is 0. The molecule has 1 aromatic rings. The van der Waals surface area contributed by atoms with Crippen molar-refractivity contribution in [3.05, 3.63) is 24.0 Å². The van der Waals surface area contributed by atoms with Gasteiger partial charge in [0.05, 0.1) is 0 Å². The van der Waals surface area contributed by atoms with Gasteiger partial charge in [0.2, 0.25) is 0 Å². The predicted octanol–water partition coefficient (Wildman–Crippen LogP) is 0.205. The molecule has 1 aromatic heterocycles. The number of nitrogens with zero attached hydrogens (tertiary/aromatic N) is 1. The Hall–Kier alpha value is -2.11. The van der Waals surface area contributed by atoms with Gasteiger partial charge in [0, 0.05) is 6.20 Å². The highest BCUT2D eigenvalue weighted by Crippen LogP contribution is 1.93. The highest BCUT2D eigenvalue weighted by atomic mass is 16.4. The number of amides is 1. The molecular weight excluding hydrogens is 186 g/mol. The van der Waals surface area contributed by atoms with Crippen molar-refractivity contribution in [2.24, 2.45) is 5.10 Å². The van der Waals surface area contributed by atoms with Gasteiger partial charge in [-0.15, -0.1) is 0 Å². The molecule has 74 valence electrons. The number of carbonyl (C=O) groups excluding carboxylic acids is 1. The molecule has 0 saturated heterocycles. The van der Waals surface area contributed by atoms with E-state index >= 15 is 0 Å². The fourth-order valence-corrected chi connectivity index (χ4v) is 0.714. The van der Waals surface area contributed by atoms with Crippen LogP contribution in [0, 0.1) is 0 Å². The Labute approximate surface area is 79.6 Å². The summed E-state index contributed by atoms with van der Waals surface area (Å²) >= 11 is 0. The van der Waals surface area contributed by atoms with Gasteiger partial charge < -0.3 is 10.1 Å². The van der Waals surface area contributed by atoms with Crippen molar-refractivity contribution in [3.8, 4) is 0 Å². The average Bonchev–Trinajstić information content (AvgIpc) is 2.66. The van der Waals surface area contributed by atoms with Gasteiger partial charge in [0.25, 0.3) is 5.91 Å². The van der Waals surface area contributed by atoms with Gasteiger partial charge in [-0.25, -0.2) is 10.2 Å². The van der Waals surface area contributed by atoms with E-state index in [2.05, 4.69) is 15.5 Å². The summed E-state index contributed by atoms with van der Waals surface area (Å²) in [6.45, 7) is 1.29. The van der Waals surface area contributed by atoms with E-state index in [0.29, 0.717) is 5.69 Å². The van der Waals surface area contributed by atoms with Crippen LogP contribution in [0.15, 0.2) is 23.4 Å². The molecule has 0 radical (unpaired) electrons. The van der Waals surface area contributed by atoms with Crippen LogP contribution in [0.4, 0.5) is 0 Å². The number of carbonyl (C=O) groups is 2. The van der Waals surface area contributed by atoms with Crippen LogP contribution in [-0.2, 0) is 4.79 Å². The number of hydrogen-bond acceptors (Lipinski definition) is 3. The minimum absolute atomic E-state index is 0.176. The van der Waals surface area contributed by atoms with E-state index in [1.165, 1.54) is 6.92 Å². The number of rotatable bonds is 3. The molecule has 0 saturated carbocycles. The fourth-order valence-electron chi connectivity index (χ4n) is 0.714. The zero-order valence-corrected chi connectivity index (χ0v) is 7.44. The van der Waals surface area contributed by atoms with Crippen LogP contribution >= 0.6 is 0 Å². The monoisotopic (exact) mass is 195 g/mol. The lowest BCUT2D eigenvalue weighted by Gasteiger charge is -1.96. The van der Waals surface area contributed by atoms with E-state index in [4.69, 9.17) is 5.11 Å². The Morgan fingerprint density at radius 1 is 1.57 bits per heavy atom. The number of hydrogen-bond donors (Lipinski definition) is 3. The van der Waals surface area contributed by atoms with Crippen LogP contribution in [0.2, 0.25) is 0 Å². The number of hydrazone groups is 1. The molecule has 6 nitrogen and oxygen atoms in total. The first kappa shape index (κ1) is 9.97. The Morgan fingerprint density at radius 2 is 2.29 bits per heavy atom. The zero-order valence-electron chi connectivity index (χ0n) is 7.44. The van der Waals surface area contributed by atoms with Crippen LogP contribution in [0.1, 0.15) is 17.4 Å². The Balaban J connectivity index is 2.59. The lowest BCUT2D eigenvalue weighted by molar-refractivity contribution is -0.129. The Kier molecular flexibility index (Phi) is 3.01. The molecule has 14 heavy (non-hydrogen) atoms. The summed E-state index contributed by atoms with van der Waals surface area (Å²) in [7, 11) is 0. The molecule has 0 aliphatic heterocycles. The number of nitrogens with one attached hydrogen (secondary N) is 2. The lowest BCUT2D eigenvalue weighted by atomic mass is 10.4. The summed E-state index contributed by atoms with van der Waals surface area (Å²) in [5.74, 6) is -1.65. The average molecular weight is 195 g/mol. The molecule has 3 N–H and O–H groups in total. The second kappa shape index (κ2) is 4.22. The molecule has 0 bridgehead atoms. The third kappa shape index (κ3) is 2.44. The maximum absolute atomic E-state index is 11.2.